The quantitative estimate of drug-likeness (QED) is 0.0944. The Morgan fingerprint density at radius 2 is 0.976 bits per heavy atom. The van der Waals surface area contributed by atoms with E-state index in [0.29, 0.717) is 59.4 Å². The van der Waals surface area contributed by atoms with Gasteiger partial charge in [-0.25, -0.2) is 0 Å². The first kappa shape index (κ1) is 31.5. The summed E-state index contributed by atoms with van der Waals surface area (Å²) in [5.41, 5.74) is 5.45. The van der Waals surface area contributed by atoms with Crippen molar-refractivity contribution in [1.29, 1.82) is 0 Å². The van der Waals surface area contributed by atoms with Crippen molar-refractivity contribution in [2.24, 2.45) is 0 Å². The van der Waals surface area contributed by atoms with E-state index in [1.165, 1.54) is 0 Å². The predicted molar refractivity (Wildman–Crippen MR) is 189 cm³/mol. The van der Waals surface area contributed by atoms with Gasteiger partial charge in [-0.2, -0.15) is 0 Å². The van der Waals surface area contributed by atoms with Gasteiger partial charge >= 0.3 is 0 Å². The largest absolute Gasteiger partial charge is 0.507 e. The lowest BCUT2D eigenvalue weighted by atomic mass is 9.98. The summed E-state index contributed by atoms with van der Waals surface area (Å²) in [6.45, 7) is 9.52. The number of hydrogen-bond donors (Lipinski definition) is 4. The van der Waals surface area contributed by atoms with Crippen LogP contribution in [0.4, 0.5) is 0 Å². The molecule has 212 valence electrons. The third kappa shape index (κ3) is 7.50. The molecular weight excluding hydrogens is 857 g/mol. The Labute approximate surface area is 281 Å². The minimum Gasteiger partial charge on any atom is -0.507 e. The van der Waals surface area contributed by atoms with E-state index >= 15 is 0 Å². The number of allylic oxidation sites excluding steroid dienone is 2. The smallest absolute Gasteiger partial charge is 0.142 e. The van der Waals surface area contributed by atoms with E-state index in [1.54, 1.807) is 24.3 Å². The summed E-state index contributed by atoms with van der Waals surface area (Å²) in [5, 5.41) is 42.5. The lowest BCUT2D eigenvalue weighted by Gasteiger charge is -2.17. The minimum absolute atomic E-state index is 0.186. The van der Waals surface area contributed by atoms with Gasteiger partial charge in [-0.1, -0.05) is 18.2 Å². The molecule has 4 rings (SSSR count). The Morgan fingerprint density at radius 1 is 0.585 bits per heavy atom. The van der Waals surface area contributed by atoms with Crippen LogP contribution in [-0.2, 0) is 25.7 Å². The monoisotopic (exact) mass is 886 g/mol. The van der Waals surface area contributed by atoms with Crippen molar-refractivity contribution in [2.75, 3.05) is 0 Å². The molecule has 0 aliphatic carbocycles. The maximum absolute atomic E-state index is 11.1. The molecule has 5 nitrogen and oxygen atoms in total. The molecule has 4 N–H and O–H groups in total. The first-order chi connectivity index (χ1) is 19.5. The second kappa shape index (κ2) is 13.7. The van der Waals surface area contributed by atoms with E-state index in [0.717, 1.165) is 27.4 Å². The van der Waals surface area contributed by atoms with Gasteiger partial charge in [0.2, 0.25) is 0 Å². The molecule has 0 unspecified atom stereocenters. The average Bonchev–Trinajstić information content (AvgIpc) is 2.91. The van der Waals surface area contributed by atoms with Crippen molar-refractivity contribution in [3.8, 4) is 34.5 Å². The number of aromatic hydroxyl groups is 4. The first-order valence-corrected chi connectivity index (χ1v) is 16.0. The second-order valence-electron chi connectivity index (χ2n) is 9.77. The summed E-state index contributed by atoms with van der Waals surface area (Å²) in [7, 11) is 0. The minimum atomic E-state index is 0.186. The molecule has 0 saturated heterocycles. The second-order valence-corrected chi connectivity index (χ2v) is 13.3. The van der Waals surface area contributed by atoms with Crippen LogP contribution < -0.4 is 4.74 Å². The van der Waals surface area contributed by atoms with E-state index in [4.69, 9.17) is 4.74 Å². The lowest BCUT2D eigenvalue weighted by Crippen LogP contribution is -1.98. The Balaban J connectivity index is 1.74. The Morgan fingerprint density at radius 3 is 1.39 bits per heavy atom. The van der Waals surface area contributed by atoms with Crippen LogP contribution in [0.3, 0.4) is 0 Å². The number of hydrogen-bond acceptors (Lipinski definition) is 5. The topological polar surface area (TPSA) is 90.2 Å². The fraction of sp³-hybridized carbons (Fsp3) is 0.152. The molecule has 0 bridgehead atoms. The third-order valence-corrected chi connectivity index (χ3v) is 9.09. The third-order valence-electron chi connectivity index (χ3n) is 6.63. The maximum atomic E-state index is 11.1. The molecule has 0 amide bonds. The van der Waals surface area contributed by atoms with Crippen LogP contribution >= 0.6 is 67.8 Å². The van der Waals surface area contributed by atoms with Crippen molar-refractivity contribution in [1.82, 2.24) is 0 Å². The highest BCUT2D eigenvalue weighted by Crippen LogP contribution is 2.38. The normalized spacial score (nSPS) is 10.9. The molecule has 0 spiro atoms. The van der Waals surface area contributed by atoms with Gasteiger partial charge in [0, 0.05) is 35.1 Å². The van der Waals surface area contributed by atoms with Crippen molar-refractivity contribution >= 4 is 67.8 Å². The van der Waals surface area contributed by atoms with Crippen LogP contribution in [0.5, 0.6) is 34.5 Å². The van der Waals surface area contributed by atoms with Gasteiger partial charge in [0.25, 0.3) is 0 Å². The van der Waals surface area contributed by atoms with Crippen molar-refractivity contribution in [3.63, 3.8) is 0 Å². The van der Waals surface area contributed by atoms with Crippen LogP contribution in [0, 0.1) is 17.6 Å². The lowest BCUT2D eigenvalue weighted by molar-refractivity contribution is 0.447. The summed E-state index contributed by atoms with van der Waals surface area (Å²) in [6, 6.07) is 14.9. The van der Waals surface area contributed by atoms with E-state index < -0.39 is 0 Å². The van der Waals surface area contributed by atoms with Crippen LogP contribution in [0.2, 0.25) is 0 Å². The van der Waals surface area contributed by atoms with E-state index in [1.807, 2.05) is 43.3 Å². The zero-order valence-corrected chi connectivity index (χ0v) is 28.8. The van der Waals surface area contributed by atoms with Gasteiger partial charge in [-0.05, 0) is 147 Å². The number of rotatable bonds is 10. The SMILES string of the molecule is C=CCc1cc(Oc2cc(CC=C)c(O)c(Cc3cc(I)c(O)c(I)c3)c2)cc(Cc2cc(C)c(O)c(I)c2)c1O. The molecule has 0 aromatic heterocycles. The van der Waals surface area contributed by atoms with Crippen LogP contribution in [0.1, 0.15) is 38.9 Å². The highest BCUT2D eigenvalue weighted by atomic mass is 127. The van der Waals surface area contributed by atoms with Gasteiger partial charge in [-0.3, -0.25) is 0 Å². The Kier molecular flexibility index (Phi) is 10.5. The molecule has 41 heavy (non-hydrogen) atoms. The standard InChI is InChI=1S/C33H29I3O5/c1-4-6-21-14-25(16-23(31(21)38)9-19-8-18(3)30(37)27(34)11-19)41-26-15-22(7-5-2)32(39)24(17-26)10-20-12-28(35)33(40)29(36)13-20/h4-5,8,11-17,37-40H,1-2,6-7,9-10H2,3H3. The number of halogens is 3. The Hall–Kier alpha value is -2.45. The van der Waals surface area contributed by atoms with E-state index in [9.17, 15) is 20.4 Å². The zero-order valence-electron chi connectivity index (χ0n) is 22.3. The van der Waals surface area contributed by atoms with Crippen LogP contribution in [0.25, 0.3) is 0 Å². The van der Waals surface area contributed by atoms with E-state index in [2.05, 4.69) is 80.9 Å². The molecule has 4 aromatic rings. The summed E-state index contributed by atoms with van der Waals surface area (Å²) in [6.07, 6.45) is 5.28. The van der Waals surface area contributed by atoms with Crippen molar-refractivity contribution < 1.29 is 25.2 Å². The van der Waals surface area contributed by atoms with E-state index in [-0.39, 0.29) is 23.0 Å². The number of phenols is 4. The molecule has 0 saturated carbocycles. The molecule has 8 heteroatoms. The van der Waals surface area contributed by atoms with Crippen LogP contribution in [0.15, 0.2) is 73.8 Å². The van der Waals surface area contributed by atoms with Crippen LogP contribution in [-0.4, -0.2) is 20.4 Å². The average molecular weight is 886 g/mol. The molecule has 4 aromatic carbocycles. The van der Waals surface area contributed by atoms with Gasteiger partial charge in [0.1, 0.15) is 34.5 Å². The Bertz CT molecular complexity index is 1480. The van der Waals surface area contributed by atoms with Crippen molar-refractivity contribution in [3.05, 3.63) is 123 Å². The summed E-state index contributed by atoms with van der Waals surface area (Å²) in [4.78, 5) is 0. The number of benzene rings is 4. The summed E-state index contributed by atoms with van der Waals surface area (Å²) >= 11 is 6.31. The molecule has 0 heterocycles. The highest BCUT2D eigenvalue weighted by molar-refractivity contribution is 14.1. The number of aryl methyl sites for hydroxylation is 1. The first-order valence-electron chi connectivity index (χ1n) is 12.7. The molecule has 0 aliphatic rings. The fourth-order valence-corrected chi connectivity index (χ4v) is 7.39. The van der Waals surface area contributed by atoms with Crippen molar-refractivity contribution in [2.45, 2.75) is 32.6 Å². The molecular formula is C33H29I3O5. The fourth-order valence-electron chi connectivity index (χ4n) is 4.67. The van der Waals surface area contributed by atoms with Gasteiger partial charge in [0.05, 0.1) is 10.7 Å². The highest BCUT2D eigenvalue weighted by Gasteiger charge is 2.16. The summed E-state index contributed by atoms with van der Waals surface area (Å²) in [5.74, 6) is 1.99. The van der Waals surface area contributed by atoms with Gasteiger partial charge < -0.3 is 25.2 Å². The maximum Gasteiger partial charge on any atom is 0.142 e. The zero-order chi connectivity index (χ0) is 29.8. The summed E-state index contributed by atoms with van der Waals surface area (Å²) < 4.78 is 8.61. The number of phenolic OH excluding ortho intramolecular Hbond substituents is 4. The molecule has 0 aliphatic heterocycles. The molecule has 0 atom stereocenters. The van der Waals surface area contributed by atoms with Gasteiger partial charge in [0.15, 0.2) is 0 Å². The number of ether oxygens (including phenoxy) is 1. The predicted octanol–water partition coefficient (Wildman–Crippen LogP) is 9.06. The molecule has 0 radical (unpaired) electrons. The molecule has 0 fully saturated rings. The van der Waals surface area contributed by atoms with Gasteiger partial charge in [-0.15, -0.1) is 13.2 Å².